The first kappa shape index (κ1) is 13.7. The van der Waals surface area contributed by atoms with Crippen molar-refractivity contribution in [1.29, 1.82) is 0 Å². The molecule has 1 aromatic carbocycles. The fraction of sp³-hybridized carbons (Fsp3) is 0.600. The maximum Gasteiger partial charge on any atom is 0.0516 e. The number of hydrogen-bond acceptors (Lipinski definition) is 2. The molecule has 0 radical (unpaired) electrons. The highest BCUT2D eigenvalue weighted by atomic mass is 35.5. The summed E-state index contributed by atoms with van der Waals surface area (Å²) in [6.07, 6.45) is 6.13. The van der Waals surface area contributed by atoms with Crippen molar-refractivity contribution in [3.8, 4) is 0 Å². The number of likely N-dealkylation sites (tertiary alicyclic amines) is 1. The zero-order valence-electron chi connectivity index (χ0n) is 11.0. The highest BCUT2D eigenvalue weighted by molar-refractivity contribution is 6.35. The van der Waals surface area contributed by atoms with Gasteiger partial charge in [-0.3, -0.25) is 4.90 Å². The van der Waals surface area contributed by atoms with Crippen LogP contribution in [-0.4, -0.2) is 23.5 Å². The molecule has 1 saturated carbocycles. The molecule has 3 rings (SSSR count). The fourth-order valence-corrected chi connectivity index (χ4v) is 3.70. The van der Waals surface area contributed by atoms with E-state index < -0.39 is 0 Å². The molecule has 1 aliphatic heterocycles. The third-order valence-corrected chi connectivity index (χ3v) is 4.83. The van der Waals surface area contributed by atoms with Crippen LogP contribution >= 0.6 is 23.2 Å². The van der Waals surface area contributed by atoms with Crippen LogP contribution in [-0.2, 0) is 0 Å². The van der Waals surface area contributed by atoms with Gasteiger partial charge in [-0.05, 0) is 49.9 Å². The summed E-state index contributed by atoms with van der Waals surface area (Å²) in [7, 11) is 0. The molecule has 4 heteroatoms. The lowest BCUT2D eigenvalue weighted by Crippen LogP contribution is -2.41. The molecule has 1 aliphatic carbocycles. The van der Waals surface area contributed by atoms with Crippen LogP contribution in [0.3, 0.4) is 0 Å². The third kappa shape index (κ3) is 2.92. The van der Waals surface area contributed by atoms with E-state index in [1.807, 2.05) is 12.1 Å². The molecule has 2 atom stereocenters. The number of nitrogens with two attached hydrogens (primary N) is 1. The van der Waals surface area contributed by atoms with E-state index in [9.17, 15) is 0 Å². The summed E-state index contributed by atoms with van der Waals surface area (Å²) in [5.41, 5.74) is 7.59. The van der Waals surface area contributed by atoms with Crippen molar-refractivity contribution in [2.45, 2.75) is 50.2 Å². The summed E-state index contributed by atoms with van der Waals surface area (Å²) in [5.74, 6) is 0. The molecule has 2 fully saturated rings. The molecule has 2 nitrogen and oxygen atoms in total. The largest absolute Gasteiger partial charge is 0.326 e. The number of rotatable bonds is 2. The van der Waals surface area contributed by atoms with Gasteiger partial charge in [-0.15, -0.1) is 0 Å². The minimum Gasteiger partial charge on any atom is -0.326 e. The molecule has 0 aromatic heterocycles. The Morgan fingerprint density at radius 3 is 2.58 bits per heavy atom. The van der Waals surface area contributed by atoms with E-state index in [2.05, 4.69) is 11.0 Å². The quantitative estimate of drug-likeness (QED) is 0.894. The molecule has 0 bridgehead atoms. The smallest absolute Gasteiger partial charge is 0.0516 e. The molecule has 2 aliphatic rings. The van der Waals surface area contributed by atoms with E-state index in [0.29, 0.717) is 11.1 Å². The number of nitrogens with zero attached hydrogens (tertiary/aromatic N) is 1. The van der Waals surface area contributed by atoms with Gasteiger partial charge in [0.05, 0.1) is 6.04 Å². The van der Waals surface area contributed by atoms with Crippen LogP contribution in [0.5, 0.6) is 0 Å². The molecule has 104 valence electrons. The fourth-order valence-electron chi connectivity index (χ4n) is 3.18. The Morgan fingerprint density at radius 2 is 1.89 bits per heavy atom. The summed E-state index contributed by atoms with van der Waals surface area (Å²) >= 11 is 12.4. The lowest BCUT2D eigenvalue weighted by Gasteiger charge is -2.34. The molecule has 1 aromatic rings. The van der Waals surface area contributed by atoms with Gasteiger partial charge < -0.3 is 5.73 Å². The normalized spacial score (nSPS) is 29.2. The van der Waals surface area contributed by atoms with Gasteiger partial charge in [0.15, 0.2) is 0 Å². The molecule has 1 heterocycles. The van der Waals surface area contributed by atoms with Crippen molar-refractivity contribution < 1.29 is 0 Å². The minimum atomic E-state index is 0.168. The van der Waals surface area contributed by atoms with Crippen LogP contribution in [0.15, 0.2) is 18.2 Å². The molecular weight excluding hydrogens is 279 g/mol. The third-order valence-electron chi connectivity index (χ3n) is 4.26. The van der Waals surface area contributed by atoms with Crippen molar-refractivity contribution in [2.75, 3.05) is 6.54 Å². The number of hydrogen-bond donors (Lipinski definition) is 1. The second kappa shape index (κ2) is 5.61. The van der Waals surface area contributed by atoms with Crippen molar-refractivity contribution in [2.24, 2.45) is 5.73 Å². The average molecular weight is 299 g/mol. The molecule has 19 heavy (non-hydrogen) atoms. The maximum absolute atomic E-state index is 6.44. The Hall–Kier alpha value is -0.280. The van der Waals surface area contributed by atoms with Crippen LogP contribution in [0.25, 0.3) is 0 Å². The van der Waals surface area contributed by atoms with Crippen LogP contribution < -0.4 is 5.73 Å². The predicted molar refractivity (Wildman–Crippen MR) is 80.8 cm³/mol. The SMILES string of the molecule is NC1CCCCN(C2CC2)C1c1ccc(Cl)cc1Cl. The van der Waals surface area contributed by atoms with E-state index in [0.717, 1.165) is 23.6 Å². The minimum absolute atomic E-state index is 0.168. The predicted octanol–water partition coefficient (Wildman–Crippen LogP) is 4.01. The first-order valence-corrected chi connectivity index (χ1v) is 7.88. The Bertz CT molecular complexity index is 459. The zero-order chi connectivity index (χ0) is 13.4. The van der Waals surface area contributed by atoms with E-state index in [4.69, 9.17) is 28.9 Å². The van der Waals surface area contributed by atoms with E-state index >= 15 is 0 Å². The van der Waals surface area contributed by atoms with Gasteiger partial charge in [0.2, 0.25) is 0 Å². The molecule has 2 N–H and O–H groups in total. The summed E-state index contributed by atoms with van der Waals surface area (Å²) < 4.78 is 0. The molecule has 1 saturated heterocycles. The average Bonchev–Trinajstić information content (AvgIpc) is 3.17. The highest BCUT2D eigenvalue weighted by Crippen LogP contribution is 2.41. The van der Waals surface area contributed by atoms with Crippen molar-refractivity contribution >= 4 is 23.2 Å². The Balaban J connectivity index is 1.96. The standard InChI is InChI=1S/C15H20Cl2N2/c16-10-4-7-12(13(17)9-10)15-14(18)3-1-2-8-19(15)11-5-6-11/h4,7,9,11,14-15H,1-3,5-6,8,18H2. The van der Waals surface area contributed by atoms with Gasteiger partial charge >= 0.3 is 0 Å². The van der Waals surface area contributed by atoms with E-state index in [1.54, 1.807) is 0 Å². The Labute approximate surface area is 124 Å². The number of benzene rings is 1. The maximum atomic E-state index is 6.44. The first-order chi connectivity index (χ1) is 9.16. The van der Waals surface area contributed by atoms with Gasteiger partial charge in [-0.25, -0.2) is 0 Å². The topological polar surface area (TPSA) is 29.3 Å². The summed E-state index contributed by atoms with van der Waals surface area (Å²) in [6, 6.07) is 6.94. The second-order valence-corrected chi connectivity index (χ2v) is 6.58. The van der Waals surface area contributed by atoms with E-state index in [1.165, 1.54) is 25.7 Å². The first-order valence-electron chi connectivity index (χ1n) is 7.13. The zero-order valence-corrected chi connectivity index (χ0v) is 12.5. The van der Waals surface area contributed by atoms with Crippen molar-refractivity contribution in [3.63, 3.8) is 0 Å². The van der Waals surface area contributed by atoms with Crippen LogP contribution in [0, 0.1) is 0 Å². The van der Waals surface area contributed by atoms with E-state index in [-0.39, 0.29) is 12.1 Å². The second-order valence-electron chi connectivity index (χ2n) is 5.74. The molecular formula is C15H20Cl2N2. The van der Waals surface area contributed by atoms with Crippen molar-refractivity contribution in [1.82, 2.24) is 4.90 Å². The Morgan fingerprint density at radius 1 is 1.11 bits per heavy atom. The van der Waals surface area contributed by atoms with Crippen LogP contribution in [0.4, 0.5) is 0 Å². The number of halogens is 2. The van der Waals surface area contributed by atoms with Crippen molar-refractivity contribution in [3.05, 3.63) is 33.8 Å². The van der Waals surface area contributed by atoms with Gasteiger partial charge in [-0.2, -0.15) is 0 Å². The highest BCUT2D eigenvalue weighted by Gasteiger charge is 2.38. The molecule has 0 amide bonds. The lowest BCUT2D eigenvalue weighted by molar-refractivity contribution is 0.176. The lowest BCUT2D eigenvalue weighted by atomic mass is 9.96. The summed E-state index contributed by atoms with van der Waals surface area (Å²) in [5, 5.41) is 1.44. The van der Waals surface area contributed by atoms with Crippen LogP contribution in [0.2, 0.25) is 10.0 Å². The van der Waals surface area contributed by atoms with Crippen LogP contribution in [0.1, 0.15) is 43.7 Å². The Kier molecular flexibility index (Phi) is 4.04. The molecule has 0 spiro atoms. The van der Waals surface area contributed by atoms with Gasteiger partial charge in [-0.1, -0.05) is 35.7 Å². The molecule has 2 unspecified atom stereocenters. The van der Waals surface area contributed by atoms with Gasteiger partial charge in [0.1, 0.15) is 0 Å². The van der Waals surface area contributed by atoms with Gasteiger partial charge in [0.25, 0.3) is 0 Å². The summed E-state index contributed by atoms with van der Waals surface area (Å²) in [4.78, 5) is 2.58. The van der Waals surface area contributed by atoms with Gasteiger partial charge in [0, 0.05) is 22.1 Å². The monoisotopic (exact) mass is 298 g/mol. The summed E-state index contributed by atoms with van der Waals surface area (Å²) in [6.45, 7) is 1.14.